The summed E-state index contributed by atoms with van der Waals surface area (Å²) in [6.07, 6.45) is 0.205. The zero-order valence-electron chi connectivity index (χ0n) is 24.6. The number of carboxylic acids is 2. The Morgan fingerprint density at radius 2 is 2.02 bits per heavy atom. The Morgan fingerprint density at radius 1 is 1.29 bits per heavy atom. The number of fused-ring (bicyclic) bond motifs is 2. The minimum Gasteiger partial charge on any atom is -0.478 e. The van der Waals surface area contributed by atoms with Crippen molar-refractivity contribution in [3.63, 3.8) is 0 Å². The summed E-state index contributed by atoms with van der Waals surface area (Å²) in [5.74, 6) is -4.22. The highest BCUT2D eigenvalue weighted by atomic mass is 35.5. The maximum atomic E-state index is 13.4. The fourth-order valence-corrected chi connectivity index (χ4v) is 7.51. The van der Waals surface area contributed by atoms with Crippen LogP contribution in [-0.2, 0) is 47.3 Å². The number of β-lactam (4-membered cyclic amide) rings is 1. The number of thiazole rings is 1. The number of nitrogen functional groups attached to an aromatic ring is 2. The Kier molecular flexibility index (Phi) is 9.79. The van der Waals surface area contributed by atoms with E-state index >= 15 is 0 Å². The number of pyridine rings is 1. The van der Waals surface area contributed by atoms with E-state index in [1.54, 1.807) is 27.5 Å². The molecule has 3 aromatic heterocycles. The van der Waals surface area contributed by atoms with Gasteiger partial charge in [0, 0.05) is 24.4 Å². The number of hydrogen-bond donors (Lipinski definition) is 7. The number of nitrogens with one attached hydrogen (secondary N) is 2. The van der Waals surface area contributed by atoms with E-state index < -0.39 is 57.2 Å². The maximum Gasteiger partial charge on any atom is 0.352 e. The largest absolute Gasteiger partial charge is 0.478 e. The van der Waals surface area contributed by atoms with Crippen LogP contribution >= 0.6 is 34.7 Å². The van der Waals surface area contributed by atoms with Gasteiger partial charge < -0.3 is 31.8 Å². The zero-order valence-corrected chi connectivity index (χ0v) is 27.8. The van der Waals surface area contributed by atoms with Gasteiger partial charge in [0.15, 0.2) is 10.8 Å². The van der Waals surface area contributed by atoms with E-state index in [1.807, 2.05) is 0 Å². The minimum absolute atomic E-state index is 0.00499. The van der Waals surface area contributed by atoms with E-state index in [0.717, 1.165) is 16.2 Å². The molecule has 1 fully saturated rings. The number of oxime groups is 1. The highest BCUT2D eigenvalue weighted by Crippen LogP contribution is 2.40. The van der Waals surface area contributed by atoms with Crippen molar-refractivity contribution in [1.82, 2.24) is 29.5 Å². The lowest BCUT2D eigenvalue weighted by Crippen LogP contribution is -2.71. The van der Waals surface area contributed by atoms with Crippen LogP contribution in [0.4, 0.5) is 11.1 Å². The number of anilines is 2. The summed E-state index contributed by atoms with van der Waals surface area (Å²) in [5, 5.41) is 29.6. The van der Waals surface area contributed by atoms with Crippen LogP contribution in [-0.4, -0.2) is 97.3 Å². The number of amides is 2. The first-order valence-corrected chi connectivity index (χ1v) is 17.4. The molecule has 0 bridgehead atoms. The molecule has 0 aromatic carbocycles. The van der Waals surface area contributed by atoms with Gasteiger partial charge in [-0.05, 0) is 24.0 Å². The molecule has 3 atom stereocenters. The number of nitrogens with zero attached hydrogens (tertiary/aromatic N) is 6. The molecule has 3 aromatic rings. The van der Waals surface area contributed by atoms with Crippen LogP contribution in [0.5, 0.6) is 0 Å². The Morgan fingerprint density at radius 3 is 2.65 bits per heavy atom. The molecule has 24 heteroatoms. The van der Waals surface area contributed by atoms with E-state index in [4.69, 9.17) is 38.2 Å². The van der Waals surface area contributed by atoms with Crippen LogP contribution < -0.4 is 31.2 Å². The Bertz CT molecular complexity index is 2010. The Hall–Kier alpha value is -4.55. The summed E-state index contributed by atoms with van der Waals surface area (Å²) in [5.41, 5.74) is 12.1. The van der Waals surface area contributed by atoms with Gasteiger partial charge in [0.05, 0.1) is 6.20 Å². The van der Waals surface area contributed by atoms with E-state index in [0.29, 0.717) is 16.7 Å². The van der Waals surface area contributed by atoms with Crippen LogP contribution in [0.25, 0.3) is 11.2 Å². The molecule has 2 aliphatic heterocycles. The van der Waals surface area contributed by atoms with Crippen LogP contribution in [0, 0.1) is 0 Å². The number of nitrogens with two attached hydrogens (primary N) is 3. The van der Waals surface area contributed by atoms with E-state index in [2.05, 4.69) is 25.2 Å². The number of hydrogen-bond acceptors (Lipinski definition) is 14. The number of rotatable bonds is 13. The average Bonchev–Trinajstić information content (AvgIpc) is 3.51. The van der Waals surface area contributed by atoms with Crippen molar-refractivity contribution in [1.29, 1.82) is 0 Å². The second-order valence-corrected chi connectivity index (χ2v) is 14.3. The van der Waals surface area contributed by atoms with E-state index in [1.165, 1.54) is 18.7 Å². The molecule has 0 radical (unpaired) electrons. The number of thioether (sulfide) groups is 1. The van der Waals surface area contributed by atoms with Gasteiger partial charge in [-0.3, -0.25) is 19.1 Å². The van der Waals surface area contributed by atoms with Gasteiger partial charge in [-0.2, -0.15) is 8.42 Å². The number of aliphatic carboxylic acids is 2. The van der Waals surface area contributed by atoms with Crippen molar-refractivity contribution < 1.29 is 47.2 Å². The average molecular weight is 745 g/mol. The quantitative estimate of drug-likeness (QED) is 0.0432. The lowest BCUT2D eigenvalue weighted by atomic mass is 10.0. The lowest BCUT2D eigenvalue weighted by Gasteiger charge is -2.49. The predicted octanol–water partition coefficient (Wildman–Crippen LogP) is -1.98. The number of halogens is 1. The molecule has 0 saturated carbocycles. The van der Waals surface area contributed by atoms with Gasteiger partial charge in [0.25, 0.3) is 22.0 Å². The number of aromatic nitrogens is 4. The first-order chi connectivity index (χ1) is 22.6. The van der Waals surface area contributed by atoms with Crippen LogP contribution in [0.3, 0.4) is 0 Å². The van der Waals surface area contributed by atoms with E-state index in [-0.39, 0.29) is 52.2 Å². The molecular formula is C24H27ClN11O9S3+. The fourth-order valence-electron chi connectivity index (χ4n) is 4.87. The fraction of sp³-hybridized carbons (Fsp3) is 0.333. The van der Waals surface area contributed by atoms with Crippen molar-refractivity contribution in [2.45, 2.75) is 37.5 Å². The van der Waals surface area contributed by atoms with Gasteiger partial charge >= 0.3 is 23.5 Å². The molecule has 0 aliphatic carbocycles. The predicted molar refractivity (Wildman–Crippen MR) is 171 cm³/mol. The molecular weight excluding hydrogens is 718 g/mol. The van der Waals surface area contributed by atoms with Crippen LogP contribution in [0.2, 0.25) is 4.34 Å². The molecule has 20 nitrogen and oxygen atoms in total. The summed E-state index contributed by atoms with van der Waals surface area (Å²) in [6, 6.07) is 2.19. The van der Waals surface area contributed by atoms with Crippen LogP contribution in [0.15, 0.2) is 34.8 Å². The minimum atomic E-state index is -3.92. The van der Waals surface area contributed by atoms with Gasteiger partial charge in [-0.1, -0.05) is 28.1 Å². The zero-order chi connectivity index (χ0) is 35.1. The number of imidazole rings is 1. The van der Waals surface area contributed by atoms with Gasteiger partial charge in [-0.15, -0.1) is 11.8 Å². The summed E-state index contributed by atoms with van der Waals surface area (Å²) in [7, 11) is -3.92. The van der Waals surface area contributed by atoms with Crippen LogP contribution in [0.1, 0.15) is 12.6 Å². The third kappa shape index (κ3) is 7.00. The Labute approximate surface area is 283 Å². The number of carboxylic acid groups (broad SMARTS) is 2. The molecule has 1 saturated heterocycles. The molecule has 2 aliphatic rings. The van der Waals surface area contributed by atoms with Crippen molar-refractivity contribution >= 4 is 96.6 Å². The maximum absolute atomic E-state index is 13.4. The third-order valence-corrected chi connectivity index (χ3v) is 10.1. The molecule has 10 N–H and O–H groups in total. The highest BCUT2D eigenvalue weighted by Gasteiger charge is 2.54. The molecule has 2 unspecified atom stereocenters. The van der Waals surface area contributed by atoms with E-state index in [9.17, 15) is 32.7 Å². The summed E-state index contributed by atoms with van der Waals surface area (Å²) in [4.78, 5) is 64.7. The first kappa shape index (κ1) is 34.8. The van der Waals surface area contributed by atoms with Crippen molar-refractivity contribution in [2.24, 2.45) is 10.3 Å². The van der Waals surface area contributed by atoms with Crippen molar-refractivity contribution in [2.75, 3.05) is 23.8 Å². The first-order valence-electron chi connectivity index (χ1n) is 13.6. The normalized spacial score (nSPS) is 18.8. The Balaban J connectivity index is 1.38. The summed E-state index contributed by atoms with van der Waals surface area (Å²) in [6.45, 7) is 1.23. The second-order valence-electron chi connectivity index (χ2n) is 10.2. The molecule has 0 spiro atoms. The lowest BCUT2D eigenvalue weighted by molar-refractivity contribution is -0.664. The standard InChI is InChI=1S/C24H26ClN11O9S3/c1-9(21(39)40)45-33-13(12-16(25)47-24(27)31-12)18(37)30-14-19(38)36-15(22(41)42)10(8-46-20(14)36)7-34-5-2-3-11-17(34)32-23(26)35(11)6-4-29-48(28,43)44/h2-3,5,9,14,20,26,29H,4,6-8H2,1H3,(H7,27,28,30,31,37,39,40,41,42,43,44)/p+1/b33-13-/t9-,14?,20?/m0/s1. The SMILES string of the molecule is C[C@H](O/N=C(\C(=O)NC1C(=O)N2C(C(=O)O)=C(C[n+]3cccc4c3nc(N)n4CCNS(N)(=O)=O)CSC12)c1nc(N)sc1Cl)C(=O)O. The molecule has 48 heavy (non-hydrogen) atoms. The smallest absolute Gasteiger partial charge is 0.352 e. The molecule has 256 valence electrons. The van der Waals surface area contributed by atoms with Gasteiger partial charge in [-0.25, -0.2) is 29.0 Å². The molecule has 2 amide bonds. The number of carbonyl (C=O) groups excluding carboxylic acids is 2. The monoisotopic (exact) mass is 744 g/mol. The summed E-state index contributed by atoms with van der Waals surface area (Å²) < 4.78 is 27.8. The van der Waals surface area contributed by atoms with Gasteiger partial charge in [0.2, 0.25) is 6.10 Å². The third-order valence-electron chi connectivity index (χ3n) is 7.04. The highest BCUT2D eigenvalue weighted by molar-refractivity contribution is 8.00. The molecule has 5 rings (SSSR count). The van der Waals surface area contributed by atoms with Crippen molar-refractivity contribution in [3.8, 4) is 0 Å². The summed E-state index contributed by atoms with van der Waals surface area (Å²) >= 11 is 8.18. The van der Waals surface area contributed by atoms with Crippen molar-refractivity contribution in [3.05, 3.63) is 39.6 Å². The topological polar surface area (TPSA) is 304 Å². The number of carbonyl (C=O) groups is 4. The molecule has 5 heterocycles. The van der Waals surface area contributed by atoms with Gasteiger partial charge in [0.1, 0.15) is 39.2 Å². The second kappa shape index (κ2) is 13.5.